The van der Waals surface area contributed by atoms with Gasteiger partial charge in [0.25, 0.3) is 0 Å². The van der Waals surface area contributed by atoms with Gasteiger partial charge >= 0.3 is 0 Å². The van der Waals surface area contributed by atoms with Crippen molar-refractivity contribution >= 4 is 22.2 Å². The van der Waals surface area contributed by atoms with Gasteiger partial charge in [-0.1, -0.05) is 18.2 Å². The zero-order valence-corrected chi connectivity index (χ0v) is 11.4. The van der Waals surface area contributed by atoms with E-state index in [0.29, 0.717) is 22.5 Å². The van der Waals surface area contributed by atoms with Crippen LogP contribution in [0.25, 0.3) is 16.5 Å². The molecule has 2 aromatic carbocycles. The number of hydrogen-bond acceptors (Lipinski definition) is 5. The molecule has 3 N–H and O–H groups in total. The lowest BCUT2D eigenvalue weighted by Gasteiger charge is -2.21. The van der Waals surface area contributed by atoms with Crippen molar-refractivity contribution in [2.24, 2.45) is 0 Å². The van der Waals surface area contributed by atoms with Gasteiger partial charge in [-0.05, 0) is 29.7 Å². The summed E-state index contributed by atoms with van der Waals surface area (Å²) in [5.74, 6) is 0.234. The molecule has 1 aromatic heterocycles. The molecule has 5 nitrogen and oxygen atoms in total. The van der Waals surface area contributed by atoms with Crippen LogP contribution in [0.1, 0.15) is 5.69 Å². The third kappa shape index (κ3) is 1.83. The number of benzene rings is 2. The first-order valence-corrected chi connectivity index (χ1v) is 6.77. The molecule has 0 radical (unpaired) electrons. The monoisotopic (exact) mass is 292 g/mol. The van der Waals surface area contributed by atoms with E-state index in [2.05, 4.69) is 10.3 Å². The summed E-state index contributed by atoms with van der Waals surface area (Å²) in [7, 11) is 0. The minimum Gasteiger partial charge on any atom is -0.504 e. The Morgan fingerprint density at radius 1 is 1.00 bits per heavy atom. The van der Waals surface area contributed by atoms with E-state index in [1.54, 1.807) is 18.5 Å². The van der Waals surface area contributed by atoms with Gasteiger partial charge in [0.05, 0.1) is 16.8 Å². The lowest BCUT2D eigenvalue weighted by Crippen LogP contribution is -2.08. The van der Waals surface area contributed by atoms with E-state index in [1.165, 1.54) is 6.07 Å². The molecule has 0 saturated heterocycles. The first-order chi connectivity index (χ1) is 10.7. The standard InChI is InChI=1S/C17H12N2O3/c20-13-6-4-10-5-7-14-16(15(10)17(13)21)19-12(9-22-14)11-3-1-2-8-18-11/h1-9,19-21H. The summed E-state index contributed by atoms with van der Waals surface area (Å²) in [5, 5.41) is 24.5. The zero-order valence-electron chi connectivity index (χ0n) is 11.4. The summed E-state index contributed by atoms with van der Waals surface area (Å²) in [4.78, 5) is 4.27. The van der Waals surface area contributed by atoms with E-state index in [4.69, 9.17) is 4.74 Å². The molecular weight excluding hydrogens is 280 g/mol. The lowest BCUT2D eigenvalue weighted by molar-refractivity contribution is 0.408. The first-order valence-electron chi connectivity index (χ1n) is 6.77. The predicted octanol–water partition coefficient (Wildman–Crippen LogP) is 3.45. The number of hydrogen-bond donors (Lipinski definition) is 3. The van der Waals surface area contributed by atoms with Crippen molar-refractivity contribution in [2.75, 3.05) is 5.32 Å². The van der Waals surface area contributed by atoms with Gasteiger partial charge in [0.2, 0.25) is 0 Å². The highest BCUT2D eigenvalue weighted by molar-refractivity contribution is 6.05. The van der Waals surface area contributed by atoms with Crippen LogP contribution in [0.5, 0.6) is 17.2 Å². The quantitative estimate of drug-likeness (QED) is 0.599. The zero-order chi connectivity index (χ0) is 15.1. The van der Waals surface area contributed by atoms with Crippen LogP contribution in [0.4, 0.5) is 5.69 Å². The van der Waals surface area contributed by atoms with Crippen LogP contribution in [-0.4, -0.2) is 15.2 Å². The fourth-order valence-electron chi connectivity index (χ4n) is 2.52. The molecule has 0 spiro atoms. The van der Waals surface area contributed by atoms with Gasteiger partial charge in [-0.15, -0.1) is 0 Å². The minimum atomic E-state index is -0.173. The van der Waals surface area contributed by atoms with Gasteiger partial charge in [0.1, 0.15) is 12.0 Å². The SMILES string of the molecule is Oc1ccc2ccc3c(c2c1O)NC(c1ccccn1)=CO3. The molecule has 0 atom stereocenters. The molecule has 0 amide bonds. The van der Waals surface area contributed by atoms with E-state index < -0.39 is 0 Å². The second-order valence-corrected chi connectivity index (χ2v) is 4.96. The normalized spacial score (nSPS) is 13.0. The number of anilines is 1. The second kappa shape index (κ2) is 4.66. The van der Waals surface area contributed by atoms with Gasteiger partial charge in [-0.2, -0.15) is 0 Å². The van der Waals surface area contributed by atoms with Gasteiger partial charge in [0.15, 0.2) is 17.2 Å². The number of phenols is 2. The first kappa shape index (κ1) is 12.5. The number of nitrogens with one attached hydrogen (secondary N) is 1. The number of rotatable bonds is 1. The Morgan fingerprint density at radius 2 is 1.86 bits per heavy atom. The minimum absolute atomic E-state index is 0.170. The maximum atomic E-state index is 10.2. The number of phenolic OH excluding ortho intramolecular Hbond substituents is 2. The molecule has 0 unspecified atom stereocenters. The summed E-state index contributed by atoms with van der Waals surface area (Å²) in [6.45, 7) is 0. The summed E-state index contributed by atoms with van der Waals surface area (Å²) < 4.78 is 5.64. The predicted molar refractivity (Wildman–Crippen MR) is 83.7 cm³/mol. The Labute approximate surface area is 126 Å². The Bertz CT molecular complexity index is 905. The van der Waals surface area contributed by atoms with Crippen molar-refractivity contribution in [3.05, 3.63) is 60.6 Å². The molecule has 0 aliphatic carbocycles. The number of fused-ring (bicyclic) bond motifs is 3. The third-order valence-electron chi connectivity index (χ3n) is 3.60. The van der Waals surface area contributed by atoms with Crippen molar-refractivity contribution in [1.82, 2.24) is 4.98 Å². The fraction of sp³-hybridized carbons (Fsp3) is 0. The lowest BCUT2D eigenvalue weighted by atomic mass is 10.0. The Morgan fingerprint density at radius 3 is 2.68 bits per heavy atom. The third-order valence-corrected chi connectivity index (χ3v) is 3.60. The highest BCUT2D eigenvalue weighted by Gasteiger charge is 2.20. The number of ether oxygens (including phenoxy) is 1. The fourth-order valence-corrected chi connectivity index (χ4v) is 2.52. The van der Waals surface area contributed by atoms with Crippen LogP contribution >= 0.6 is 0 Å². The van der Waals surface area contributed by atoms with Crippen molar-refractivity contribution in [2.45, 2.75) is 0 Å². The summed E-state index contributed by atoms with van der Waals surface area (Å²) in [5.41, 5.74) is 2.02. The smallest absolute Gasteiger partial charge is 0.167 e. The van der Waals surface area contributed by atoms with Crippen LogP contribution in [0.3, 0.4) is 0 Å². The van der Waals surface area contributed by atoms with Crippen molar-refractivity contribution in [1.29, 1.82) is 0 Å². The van der Waals surface area contributed by atoms with Gasteiger partial charge in [-0.3, -0.25) is 4.98 Å². The van der Waals surface area contributed by atoms with E-state index in [0.717, 1.165) is 11.1 Å². The molecule has 0 fully saturated rings. The molecule has 108 valence electrons. The Balaban J connectivity index is 1.89. The van der Waals surface area contributed by atoms with Crippen LogP contribution in [-0.2, 0) is 0 Å². The van der Waals surface area contributed by atoms with Gasteiger partial charge in [0, 0.05) is 6.20 Å². The largest absolute Gasteiger partial charge is 0.504 e. The molecule has 0 saturated carbocycles. The Kier molecular flexibility index (Phi) is 2.66. The van der Waals surface area contributed by atoms with Gasteiger partial charge in [-0.25, -0.2) is 0 Å². The maximum Gasteiger partial charge on any atom is 0.167 e. The molecule has 3 aromatic rings. The summed E-state index contributed by atoms with van der Waals surface area (Å²) in [6, 6.07) is 12.4. The van der Waals surface area contributed by atoms with E-state index in [1.807, 2.05) is 30.3 Å². The average molecular weight is 292 g/mol. The topological polar surface area (TPSA) is 74.6 Å². The highest BCUT2D eigenvalue weighted by Crippen LogP contribution is 2.45. The molecule has 4 rings (SSSR count). The molecular formula is C17H12N2O3. The van der Waals surface area contributed by atoms with E-state index >= 15 is 0 Å². The van der Waals surface area contributed by atoms with Crippen molar-refractivity contribution in [3.63, 3.8) is 0 Å². The summed E-state index contributed by atoms with van der Waals surface area (Å²) in [6.07, 6.45) is 3.27. The molecule has 5 heteroatoms. The number of nitrogens with zero attached hydrogens (tertiary/aromatic N) is 1. The van der Waals surface area contributed by atoms with Crippen LogP contribution in [0.2, 0.25) is 0 Å². The van der Waals surface area contributed by atoms with Gasteiger partial charge < -0.3 is 20.3 Å². The molecule has 0 bridgehead atoms. The van der Waals surface area contributed by atoms with E-state index in [-0.39, 0.29) is 11.5 Å². The van der Waals surface area contributed by atoms with Crippen LogP contribution in [0.15, 0.2) is 54.9 Å². The number of aromatic hydroxyl groups is 2. The second-order valence-electron chi connectivity index (χ2n) is 4.96. The summed E-state index contributed by atoms with van der Waals surface area (Å²) >= 11 is 0. The van der Waals surface area contributed by atoms with Crippen LogP contribution < -0.4 is 10.1 Å². The maximum absolute atomic E-state index is 10.2. The average Bonchev–Trinajstić information content (AvgIpc) is 2.58. The number of aromatic nitrogens is 1. The van der Waals surface area contributed by atoms with Crippen LogP contribution in [0, 0.1) is 0 Å². The molecule has 1 aliphatic rings. The molecule has 22 heavy (non-hydrogen) atoms. The Hall–Kier alpha value is -3.21. The number of pyridine rings is 1. The highest BCUT2D eigenvalue weighted by atomic mass is 16.5. The van der Waals surface area contributed by atoms with E-state index in [9.17, 15) is 10.2 Å². The van der Waals surface area contributed by atoms with Crippen molar-refractivity contribution < 1.29 is 14.9 Å². The molecule has 2 heterocycles. The van der Waals surface area contributed by atoms with Crippen molar-refractivity contribution in [3.8, 4) is 17.2 Å². The molecule has 1 aliphatic heterocycles.